The highest BCUT2D eigenvalue weighted by Crippen LogP contribution is 2.42. The van der Waals surface area contributed by atoms with E-state index in [1.165, 1.54) is 13.1 Å². The largest absolute Gasteiger partial charge is 0.376 e. The second-order valence-electron chi connectivity index (χ2n) is 18.5. The van der Waals surface area contributed by atoms with Crippen LogP contribution in [0.5, 0.6) is 0 Å². The van der Waals surface area contributed by atoms with Gasteiger partial charge < -0.3 is 9.64 Å². The maximum atomic E-state index is 14.5. The van der Waals surface area contributed by atoms with Gasteiger partial charge in [-0.3, -0.25) is 29.4 Å². The van der Waals surface area contributed by atoms with Crippen LogP contribution >= 0.6 is 0 Å². The standard InChI is InChI=1S/C36H67F2N7O/c1-33(2,3)43-16-13-41(14-17-43)30-26-46-31(21-35(7,8)44-18-12-40-11-10-36(37,38)20-27(40)24-44)32(30)29-25-42(28-22-39(9)23-28)15-19-45(29)34(4,5)6/h27-32H,10-26H2,1-9H3. The Balaban J connectivity index is 1.24. The highest BCUT2D eigenvalue weighted by molar-refractivity contribution is 5.07. The summed E-state index contributed by atoms with van der Waals surface area (Å²) in [7, 11) is 2.24. The van der Waals surface area contributed by atoms with E-state index in [4.69, 9.17) is 4.74 Å². The third-order valence-electron chi connectivity index (χ3n) is 12.9. The van der Waals surface area contributed by atoms with Gasteiger partial charge in [-0.05, 0) is 68.9 Å². The van der Waals surface area contributed by atoms with Crippen molar-refractivity contribution in [1.29, 1.82) is 0 Å². The average molecular weight is 652 g/mol. The molecule has 0 aromatic rings. The maximum Gasteiger partial charge on any atom is 0.250 e. The predicted molar refractivity (Wildman–Crippen MR) is 183 cm³/mol. The highest BCUT2D eigenvalue weighted by atomic mass is 19.3. The Morgan fingerprint density at radius 3 is 1.91 bits per heavy atom. The molecule has 5 atom stereocenters. The number of alkyl halides is 2. The van der Waals surface area contributed by atoms with Gasteiger partial charge in [0.1, 0.15) is 0 Å². The Labute approximate surface area is 279 Å². The molecule has 0 bridgehead atoms. The summed E-state index contributed by atoms with van der Waals surface area (Å²) in [5.74, 6) is -2.13. The zero-order chi connectivity index (χ0) is 33.2. The summed E-state index contributed by atoms with van der Waals surface area (Å²) in [4.78, 5) is 18.3. The minimum Gasteiger partial charge on any atom is -0.376 e. The normalized spacial score (nSPS) is 36.2. The van der Waals surface area contributed by atoms with Gasteiger partial charge in [-0.15, -0.1) is 0 Å². The Kier molecular flexibility index (Phi) is 10.0. The lowest BCUT2D eigenvalue weighted by molar-refractivity contribution is -0.111. The van der Waals surface area contributed by atoms with Gasteiger partial charge >= 0.3 is 0 Å². The number of ether oxygens (including phenoxy) is 1. The summed E-state index contributed by atoms with van der Waals surface area (Å²) in [6.07, 6.45) is 1.10. The van der Waals surface area contributed by atoms with Gasteiger partial charge in [-0.25, -0.2) is 8.78 Å². The molecule has 0 aromatic carbocycles. The first-order valence-electron chi connectivity index (χ1n) is 18.6. The average Bonchev–Trinajstić information content (AvgIpc) is 3.36. The van der Waals surface area contributed by atoms with Crippen LogP contribution in [0.4, 0.5) is 8.78 Å². The second kappa shape index (κ2) is 13.0. The highest BCUT2D eigenvalue weighted by Gasteiger charge is 2.53. The van der Waals surface area contributed by atoms with E-state index in [1.807, 2.05) is 0 Å². The van der Waals surface area contributed by atoms with E-state index in [1.54, 1.807) is 0 Å². The number of likely N-dealkylation sites (N-methyl/N-ethyl adjacent to an activating group) is 1. The molecule has 0 aliphatic carbocycles. The minimum absolute atomic E-state index is 0.000439. The van der Waals surface area contributed by atoms with Gasteiger partial charge in [-0.1, -0.05) is 0 Å². The quantitative estimate of drug-likeness (QED) is 0.432. The van der Waals surface area contributed by atoms with Crippen LogP contribution in [0.15, 0.2) is 0 Å². The molecule has 6 aliphatic rings. The Morgan fingerprint density at radius 2 is 1.28 bits per heavy atom. The SMILES string of the molecule is CN1CC(N2CCN(C(C)(C)C)C(C3C(CC(C)(C)N4CCN5CCC(F)(F)CC5C4)OCC3N3CCN(C(C)(C)C)CC3)C2)C1. The van der Waals surface area contributed by atoms with Gasteiger partial charge in [-0.2, -0.15) is 0 Å². The third-order valence-corrected chi connectivity index (χ3v) is 12.9. The van der Waals surface area contributed by atoms with Gasteiger partial charge in [0.15, 0.2) is 0 Å². The van der Waals surface area contributed by atoms with Gasteiger partial charge in [0.2, 0.25) is 0 Å². The number of piperidine rings is 1. The van der Waals surface area contributed by atoms with Crippen LogP contribution in [0.2, 0.25) is 0 Å². The fourth-order valence-corrected chi connectivity index (χ4v) is 9.99. The number of hydrogen-bond donors (Lipinski definition) is 0. The lowest BCUT2D eigenvalue weighted by atomic mass is 9.78. The topological polar surface area (TPSA) is 31.9 Å². The van der Waals surface area contributed by atoms with Crippen LogP contribution in [-0.4, -0.2) is 186 Å². The molecule has 266 valence electrons. The molecule has 0 aromatic heterocycles. The van der Waals surface area contributed by atoms with Crippen LogP contribution < -0.4 is 0 Å². The minimum atomic E-state index is -2.53. The molecule has 0 radical (unpaired) electrons. The first-order valence-corrected chi connectivity index (χ1v) is 18.6. The number of fused-ring (bicyclic) bond motifs is 1. The second-order valence-corrected chi connectivity index (χ2v) is 18.5. The number of piperazine rings is 3. The molecule has 0 N–H and O–H groups in total. The molecule has 6 aliphatic heterocycles. The van der Waals surface area contributed by atoms with E-state index in [0.717, 1.165) is 78.5 Å². The molecular weight excluding hydrogens is 584 g/mol. The van der Waals surface area contributed by atoms with Gasteiger partial charge in [0.25, 0.3) is 5.92 Å². The van der Waals surface area contributed by atoms with Crippen LogP contribution in [-0.2, 0) is 4.74 Å². The smallest absolute Gasteiger partial charge is 0.250 e. The van der Waals surface area contributed by atoms with Crippen molar-refractivity contribution in [1.82, 2.24) is 34.3 Å². The van der Waals surface area contributed by atoms with Crippen LogP contribution in [0.1, 0.15) is 74.7 Å². The van der Waals surface area contributed by atoms with Crippen molar-refractivity contribution in [2.45, 2.75) is 127 Å². The Bertz CT molecular complexity index is 1030. The summed E-state index contributed by atoms with van der Waals surface area (Å²) in [6.45, 7) is 32.9. The molecule has 8 nitrogen and oxygen atoms in total. The van der Waals surface area contributed by atoms with Gasteiger partial charge in [0, 0.05) is 145 Å². The van der Waals surface area contributed by atoms with Crippen molar-refractivity contribution in [2.75, 3.05) is 98.7 Å². The lowest BCUT2D eigenvalue weighted by Gasteiger charge is -2.56. The number of rotatable bonds is 6. The summed E-state index contributed by atoms with van der Waals surface area (Å²) >= 11 is 0. The monoisotopic (exact) mass is 652 g/mol. The van der Waals surface area contributed by atoms with Crippen molar-refractivity contribution in [2.24, 2.45) is 5.92 Å². The first-order chi connectivity index (χ1) is 21.4. The van der Waals surface area contributed by atoms with E-state index in [9.17, 15) is 8.78 Å². The van der Waals surface area contributed by atoms with E-state index in [0.29, 0.717) is 30.6 Å². The molecule has 10 heteroatoms. The zero-order valence-electron chi connectivity index (χ0n) is 30.8. The Morgan fingerprint density at radius 1 is 0.652 bits per heavy atom. The van der Waals surface area contributed by atoms with Crippen molar-refractivity contribution < 1.29 is 13.5 Å². The molecular formula is C36H67F2N7O. The predicted octanol–water partition coefficient (Wildman–Crippen LogP) is 3.47. The summed E-state index contributed by atoms with van der Waals surface area (Å²) in [5.41, 5.74) is 0.145. The van der Waals surface area contributed by atoms with E-state index in [-0.39, 0.29) is 41.6 Å². The van der Waals surface area contributed by atoms with Crippen molar-refractivity contribution in [3.8, 4) is 0 Å². The number of halogens is 2. The van der Waals surface area contributed by atoms with E-state index < -0.39 is 5.92 Å². The molecule has 6 saturated heterocycles. The third kappa shape index (κ3) is 7.49. The molecule has 6 heterocycles. The van der Waals surface area contributed by atoms with Crippen molar-refractivity contribution >= 4 is 0 Å². The molecule has 0 saturated carbocycles. The van der Waals surface area contributed by atoms with E-state index in [2.05, 4.69) is 96.7 Å². The summed E-state index contributed by atoms with van der Waals surface area (Å²) < 4.78 is 36.0. The lowest BCUT2D eigenvalue weighted by Crippen LogP contribution is -2.70. The summed E-state index contributed by atoms with van der Waals surface area (Å²) in [6, 6.07) is 1.43. The molecule has 0 amide bonds. The van der Waals surface area contributed by atoms with Crippen LogP contribution in [0, 0.1) is 5.92 Å². The fourth-order valence-electron chi connectivity index (χ4n) is 9.99. The molecule has 6 fully saturated rings. The van der Waals surface area contributed by atoms with Crippen LogP contribution in [0.25, 0.3) is 0 Å². The van der Waals surface area contributed by atoms with Crippen molar-refractivity contribution in [3.63, 3.8) is 0 Å². The Hall–Kier alpha value is -0.460. The van der Waals surface area contributed by atoms with E-state index >= 15 is 0 Å². The van der Waals surface area contributed by atoms with Crippen molar-refractivity contribution in [3.05, 3.63) is 0 Å². The molecule has 5 unspecified atom stereocenters. The number of likely N-dealkylation sites (tertiary alicyclic amines) is 1. The fraction of sp³-hybridized carbons (Fsp3) is 1.00. The number of hydrogen-bond acceptors (Lipinski definition) is 8. The molecule has 6 rings (SSSR count). The zero-order valence-corrected chi connectivity index (χ0v) is 30.8. The first kappa shape index (κ1) is 35.4. The van der Waals surface area contributed by atoms with Gasteiger partial charge in [0.05, 0.1) is 12.7 Å². The number of nitrogens with zero attached hydrogens (tertiary/aromatic N) is 7. The summed E-state index contributed by atoms with van der Waals surface area (Å²) in [5, 5.41) is 0. The molecule has 0 spiro atoms. The molecule has 46 heavy (non-hydrogen) atoms. The maximum absolute atomic E-state index is 14.5. The van der Waals surface area contributed by atoms with Crippen LogP contribution in [0.3, 0.4) is 0 Å².